The first-order chi connectivity index (χ1) is 13.7. The quantitative estimate of drug-likeness (QED) is 0.366. The number of aromatic nitrogens is 1. The zero-order chi connectivity index (χ0) is 19.8. The number of benzene rings is 2. The van der Waals surface area contributed by atoms with Gasteiger partial charge in [-0.1, -0.05) is 0 Å². The SMILES string of the molecule is COCCOCCOCCOc1ccc2c(c1)[nH]c1c(CCF)cc(N)cc12. The fourth-order valence-electron chi connectivity index (χ4n) is 3.15. The van der Waals surface area contributed by atoms with Crippen LogP contribution in [0.4, 0.5) is 10.1 Å². The third kappa shape index (κ3) is 5.13. The molecule has 0 atom stereocenters. The summed E-state index contributed by atoms with van der Waals surface area (Å²) in [5, 5.41) is 2.04. The maximum atomic E-state index is 12.9. The van der Waals surface area contributed by atoms with Crippen LogP contribution in [-0.4, -0.2) is 58.4 Å². The summed E-state index contributed by atoms with van der Waals surface area (Å²) in [6, 6.07) is 9.59. The Morgan fingerprint density at radius 1 is 0.929 bits per heavy atom. The Morgan fingerprint density at radius 3 is 2.43 bits per heavy atom. The lowest BCUT2D eigenvalue weighted by Gasteiger charge is -2.08. The van der Waals surface area contributed by atoms with Crippen molar-refractivity contribution in [2.45, 2.75) is 6.42 Å². The highest BCUT2D eigenvalue weighted by Gasteiger charge is 2.10. The highest BCUT2D eigenvalue weighted by molar-refractivity contribution is 6.09. The normalized spacial score (nSPS) is 11.5. The van der Waals surface area contributed by atoms with Gasteiger partial charge < -0.3 is 29.7 Å². The number of rotatable bonds is 12. The van der Waals surface area contributed by atoms with Crippen LogP contribution in [0.2, 0.25) is 0 Å². The topological polar surface area (TPSA) is 78.7 Å². The van der Waals surface area contributed by atoms with E-state index in [2.05, 4.69) is 4.98 Å². The van der Waals surface area contributed by atoms with Crippen LogP contribution in [0, 0.1) is 0 Å². The molecule has 0 aliphatic rings. The molecule has 0 aliphatic carbocycles. The Labute approximate surface area is 163 Å². The monoisotopic (exact) mass is 390 g/mol. The van der Waals surface area contributed by atoms with Crippen molar-refractivity contribution < 1.29 is 23.3 Å². The summed E-state index contributed by atoms with van der Waals surface area (Å²) >= 11 is 0. The van der Waals surface area contributed by atoms with Crippen LogP contribution in [0.1, 0.15) is 5.56 Å². The molecule has 3 rings (SSSR count). The van der Waals surface area contributed by atoms with Crippen molar-refractivity contribution in [3.8, 4) is 5.75 Å². The van der Waals surface area contributed by atoms with Gasteiger partial charge in [0.15, 0.2) is 0 Å². The van der Waals surface area contributed by atoms with Crippen molar-refractivity contribution in [1.82, 2.24) is 4.98 Å². The molecule has 3 aromatic rings. The van der Waals surface area contributed by atoms with Crippen molar-refractivity contribution in [2.24, 2.45) is 0 Å². The number of aromatic amines is 1. The maximum absolute atomic E-state index is 12.9. The van der Waals surface area contributed by atoms with Crippen LogP contribution < -0.4 is 10.5 Å². The van der Waals surface area contributed by atoms with Gasteiger partial charge in [0.05, 0.1) is 45.2 Å². The number of halogens is 1. The average molecular weight is 390 g/mol. The van der Waals surface area contributed by atoms with E-state index < -0.39 is 6.67 Å². The second-order valence-electron chi connectivity index (χ2n) is 6.44. The predicted molar refractivity (Wildman–Crippen MR) is 109 cm³/mol. The number of anilines is 1. The second kappa shape index (κ2) is 10.3. The minimum Gasteiger partial charge on any atom is -0.491 e. The van der Waals surface area contributed by atoms with E-state index in [4.69, 9.17) is 24.7 Å². The summed E-state index contributed by atoms with van der Waals surface area (Å²) in [5.41, 5.74) is 9.37. The molecule has 0 unspecified atom stereocenters. The molecule has 0 saturated carbocycles. The molecule has 1 heterocycles. The van der Waals surface area contributed by atoms with E-state index >= 15 is 0 Å². The van der Waals surface area contributed by atoms with Gasteiger partial charge in [0.1, 0.15) is 12.4 Å². The van der Waals surface area contributed by atoms with Crippen molar-refractivity contribution in [2.75, 3.05) is 59.2 Å². The van der Waals surface area contributed by atoms with Crippen LogP contribution in [0.5, 0.6) is 5.75 Å². The Bertz CT molecular complexity index is 897. The number of fused-ring (bicyclic) bond motifs is 3. The zero-order valence-corrected chi connectivity index (χ0v) is 16.1. The van der Waals surface area contributed by atoms with E-state index in [1.165, 1.54) is 0 Å². The van der Waals surface area contributed by atoms with Crippen molar-refractivity contribution in [3.63, 3.8) is 0 Å². The van der Waals surface area contributed by atoms with Crippen molar-refractivity contribution >= 4 is 27.5 Å². The van der Waals surface area contributed by atoms with Gasteiger partial charge in [0, 0.05) is 41.6 Å². The number of alkyl halides is 1. The van der Waals surface area contributed by atoms with Crippen molar-refractivity contribution in [1.29, 1.82) is 0 Å². The third-order valence-electron chi connectivity index (χ3n) is 4.45. The second-order valence-corrected chi connectivity index (χ2v) is 6.44. The summed E-state index contributed by atoms with van der Waals surface area (Å²) in [5.74, 6) is 0.749. The Morgan fingerprint density at radius 2 is 1.68 bits per heavy atom. The fourth-order valence-corrected chi connectivity index (χ4v) is 3.15. The number of nitrogens with two attached hydrogens (primary N) is 1. The molecular weight excluding hydrogens is 363 g/mol. The number of methoxy groups -OCH3 is 1. The summed E-state index contributed by atoms with van der Waals surface area (Å²) in [4.78, 5) is 3.37. The molecule has 6 nitrogen and oxygen atoms in total. The van der Waals surface area contributed by atoms with Crippen LogP contribution in [0.25, 0.3) is 21.8 Å². The molecule has 0 saturated heterocycles. The number of ether oxygens (including phenoxy) is 4. The number of H-pyrrole nitrogens is 1. The fraction of sp³-hybridized carbons (Fsp3) is 0.429. The number of nitrogen functional groups attached to an aromatic ring is 1. The van der Waals surface area contributed by atoms with E-state index in [1.54, 1.807) is 7.11 Å². The number of hydrogen-bond donors (Lipinski definition) is 2. The van der Waals surface area contributed by atoms with Crippen LogP contribution in [0.15, 0.2) is 30.3 Å². The number of nitrogens with one attached hydrogen (secondary N) is 1. The van der Waals surface area contributed by atoms with Crippen LogP contribution in [-0.2, 0) is 20.6 Å². The number of aryl methyl sites for hydroxylation is 1. The minimum absolute atomic E-state index is 0.338. The van der Waals surface area contributed by atoms with E-state index in [1.807, 2.05) is 30.3 Å². The van der Waals surface area contributed by atoms with Crippen LogP contribution in [0.3, 0.4) is 0 Å². The molecular formula is C21H27FN2O4. The largest absolute Gasteiger partial charge is 0.491 e. The van der Waals surface area contributed by atoms with E-state index in [0.717, 1.165) is 33.1 Å². The van der Waals surface area contributed by atoms with Gasteiger partial charge in [0.2, 0.25) is 0 Å². The molecule has 152 valence electrons. The maximum Gasteiger partial charge on any atom is 0.121 e. The predicted octanol–water partition coefficient (Wildman–Crippen LogP) is 3.47. The summed E-state index contributed by atoms with van der Waals surface area (Å²) in [6.07, 6.45) is 0.338. The number of hydrogen-bond acceptors (Lipinski definition) is 5. The summed E-state index contributed by atoms with van der Waals surface area (Å²) in [6.45, 7) is 2.72. The minimum atomic E-state index is -0.417. The molecule has 3 N–H and O–H groups in total. The van der Waals surface area contributed by atoms with Crippen molar-refractivity contribution in [3.05, 3.63) is 35.9 Å². The molecule has 0 spiro atoms. The molecule has 1 aromatic heterocycles. The van der Waals surface area contributed by atoms with E-state index in [9.17, 15) is 4.39 Å². The Hall–Kier alpha value is -2.35. The van der Waals surface area contributed by atoms with E-state index in [-0.39, 0.29) is 0 Å². The first-order valence-corrected chi connectivity index (χ1v) is 9.40. The Kier molecular flexibility index (Phi) is 7.47. The van der Waals surface area contributed by atoms with Gasteiger partial charge in [-0.15, -0.1) is 0 Å². The third-order valence-corrected chi connectivity index (χ3v) is 4.45. The Balaban J connectivity index is 1.57. The molecule has 0 radical (unpaired) electrons. The molecule has 0 bridgehead atoms. The molecule has 2 aromatic carbocycles. The smallest absolute Gasteiger partial charge is 0.121 e. The molecule has 0 amide bonds. The first-order valence-electron chi connectivity index (χ1n) is 9.40. The molecule has 0 aliphatic heterocycles. The lowest BCUT2D eigenvalue weighted by atomic mass is 10.1. The van der Waals surface area contributed by atoms with Gasteiger partial charge in [-0.2, -0.15) is 0 Å². The van der Waals surface area contributed by atoms with E-state index in [0.29, 0.717) is 51.7 Å². The lowest BCUT2D eigenvalue weighted by molar-refractivity contribution is 0.0180. The molecule has 0 fully saturated rings. The van der Waals surface area contributed by atoms with Gasteiger partial charge in [0.25, 0.3) is 0 Å². The zero-order valence-electron chi connectivity index (χ0n) is 16.1. The molecule has 7 heteroatoms. The molecule has 28 heavy (non-hydrogen) atoms. The van der Waals surface area contributed by atoms with Gasteiger partial charge >= 0.3 is 0 Å². The first kappa shape index (κ1) is 20.4. The van der Waals surface area contributed by atoms with Gasteiger partial charge in [-0.3, -0.25) is 4.39 Å². The summed E-state index contributed by atoms with van der Waals surface area (Å²) in [7, 11) is 1.64. The highest BCUT2D eigenvalue weighted by Crippen LogP contribution is 2.32. The lowest BCUT2D eigenvalue weighted by Crippen LogP contribution is -2.12. The van der Waals surface area contributed by atoms with Crippen LogP contribution >= 0.6 is 0 Å². The van der Waals surface area contributed by atoms with Gasteiger partial charge in [-0.05, 0) is 29.8 Å². The highest BCUT2D eigenvalue weighted by atomic mass is 19.1. The average Bonchev–Trinajstić information content (AvgIpc) is 3.05. The summed E-state index contributed by atoms with van der Waals surface area (Å²) < 4.78 is 34.3. The van der Waals surface area contributed by atoms with Gasteiger partial charge in [-0.25, -0.2) is 0 Å². The standard InChI is InChI=1S/C21H27FN2O4/c1-25-6-7-26-8-9-27-10-11-28-17-2-3-18-19-13-16(23)12-15(4-5-22)21(19)24-20(18)14-17/h2-3,12-14,24H,4-11,23H2,1H3.